The lowest BCUT2D eigenvalue weighted by Crippen LogP contribution is -2.46. The van der Waals surface area contributed by atoms with Crippen LogP contribution in [-0.4, -0.2) is 40.6 Å². The Morgan fingerprint density at radius 2 is 1.88 bits per heavy atom. The summed E-state index contributed by atoms with van der Waals surface area (Å²) in [5.74, 6) is -0.155. The molecule has 0 unspecified atom stereocenters. The molecule has 1 aliphatic heterocycles. The third-order valence-electron chi connectivity index (χ3n) is 5.43. The number of hydrogen-bond acceptors (Lipinski definition) is 6. The number of rotatable bonds is 4. The van der Waals surface area contributed by atoms with Crippen molar-refractivity contribution in [3.05, 3.63) is 75.7 Å². The minimum Gasteiger partial charge on any atom is -0.372 e. The zero-order valence-corrected chi connectivity index (χ0v) is 18.8. The molecule has 0 saturated carbocycles. The molecule has 1 N–H and O–H groups in total. The van der Waals surface area contributed by atoms with E-state index in [1.807, 2.05) is 43.9 Å². The van der Waals surface area contributed by atoms with E-state index < -0.39 is 5.91 Å². The Hall–Kier alpha value is -3.96. The molecule has 4 rings (SSSR count). The van der Waals surface area contributed by atoms with Crippen LogP contribution in [0.15, 0.2) is 59.0 Å². The molecule has 8 heteroatoms. The molecule has 2 aromatic heterocycles. The Morgan fingerprint density at radius 1 is 1.18 bits per heavy atom. The van der Waals surface area contributed by atoms with E-state index in [0.29, 0.717) is 30.2 Å². The van der Waals surface area contributed by atoms with Crippen molar-refractivity contribution in [1.82, 2.24) is 9.38 Å². The topological polar surface area (TPSA) is 99.7 Å². The van der Waals surface area contributed by atoms with Crippen LogP contribution in [0.5, 0.6) is 0 Å². The summed E-state index contributed by atoms with van der Waals surface area (Å²) in [6, 6.07) is 14.5. The summed E-state index contributed by atoms with van der Waals surface area (Å²) in [5, 5.41) is 12.4. The number of anilines is 2. The quantitative estimate of drug-likeness (QED) is 0.491. The molecule has 1 aliphatic rings. The molecular formula is C25H25N5O3. The van der Waals surface area contributed by atoms with Gasteiger partial charge in [0.05, 0.1) is 17.8 Å². The molecule has 1 saturated heterocycles. The second-order valence-corrected chi connectivity index (χ2v) is 8.24. The molecule has 2 atom stereocenters. The molecule has 3 aromatic rings. The van der Waals surface area contributed by atoms with Gasteiger partial charge < -0.3 is 15.0 Å². The molecule has 0 radical (unpaired) electrons. The van der Waals surface area contributed by atoms with Crippen molar-refractivity contribution in [2.24, 2.45) is 0 Å². The van der Waals surface area contributed by atoms with Gasteiger partial charge in [-0.1, -0.05) is 23.8 Å². The first-order chi connectivity index (χ1) is 15.9. The number of amides is 1. The van der Waals surface area contributed by atoms with Gasteiger partial charge in [0.2, 0.25) is 0 Å². The van der Waals surface area contributed by atoms with Gasteiger partial charge in [0.15, 0.2) is 0 Å². The van der Waals surface area contributed by atoms with Gasteiger partial charge in [0.25, 0.3) is 11.5 Å². The SMILES string of the molecule is Cc1ccc(NC(=O)/C(C#N)=C/c2c(N3C[C@@H](C)O[C@@H](C)C3)nc3ccccn3c2=O)cc1. The maximum atomic E-state index is 13.4. The van der Waals surface area contributed by atoms with E-state index in [0.717, 1.165) is 5.56 Å². The number of nitriles is 1. The number of carbonyl (C=O) groups is 1. The highest BCUT2D eigenvalue weighted by Crippen LogP contribution is 2.23. The van der Waals surface area contributed by atoms with Crippen molar-refractivity contribution >= 4 is 29.1 Å². The maximum Gasteiger partial charge on any atom is 0.267 e. The van der Waals surface area contributed by atoms with E-state index >= 15 is 0 Å². The first-order valence-corrected chi connectivity index (χ1v) is 10.8. The second kappa shape index (κ2) is 9.27. The summed E-state index contributed by atoms with van der Waals surface area (Å²) in [7, 11) is 0. The van der Waals surface area contributed by atoms with Gasteiger partial charge in [-0.3, -0.25) is 14.0 Å². The normalized spacial score (nSPS) is 18.7. The van der Waals surface area contributed by atoms with Crippen LogP contribution in [0.25, 0.3) is 11.7 Å². The van der Waals surface area contributed by atoms with Crippen LogP contribution in [0, 0.1) is 18.3 Å². The zero-order chi connectivity index (χ0) is 23.5. The lowest BCUT2D eigenvalue weighted by molar-refractivity contribution is -0.112. The number of ether oxygens (including phenoxy) is 1. The van der Waals surface area contributed by atoms with Crippen molar-refractivity contribution in [2.45, 2.75) is 33.0 Å². The number of benzene rings is 1. The van der Waals surface area contributed by atoms with Crippen LogP contribution in [0.3, 0.4) is 0 Å². The largest absolute Gasteiger partial charge is 0.372 e. The average Bonchev–Trinajstić information content (AvgIpc) is 2.79. The van der Waals surface area contributed by atoms with Gasteiger partial charge in [0.1, 0.15) is 23.1 Å². The minimum atomic E-state index is -0.589. The number of fused-ring (bicyclic) bond motifs is 1. The number of aromatic nitrogens is 2. The Morgan fingerprint density at radius 3 is 2.55 bits per heavy atom. The van der Waals surface area contributed by atoms with E-state index in [-0.39, 0.29) is 28.9 Å². The summed E-state index contributed by atoms with van der Waals surface area (Å²) < 4.78 is 7.24. The lowest BCUT2D eigenvalue weighted by atomic mass is 10.1. The molecule has 0 aliphatic carbocycles. The van der Waals surface area contributed by atoms with Gasteiger partial charge in [-0.05, 0) is 51.1 Å². The molecule has 1 amide bonds. The van der Waals surface area contributed by atoms with E-state index in [9.17, 15) is 14.9 Å². The third-order valence-corrected chi connectivity index (χ3v) is 5.43. The van der Waals surface area contributed by atoms with E-state index in [4.69, 9.17) is 9.72 Å². The highest BCUT2D eigenvalue weighted by Gasteiger charge is 2.27. The van der Waals surface area contributed by atoms with Crippen LogP contribution in [0.1, 0.15) is 25.0 Å². The summed E-state index contributed by atoms with van der Waals surface area (Å²) in [4.78, 5) is 32.9. The van der Waals surface area contributed by atoms with Gasteiger partial charge in [0, 0.05) is 25.0 Å². The number of nitrogens with one attached hydrogen (secondary N) is 1. The number of pyridine rings is 1. The molecule has 1 aromatic carbocycles. The zero-order valence-electron chi connectivity index (χ0n) is 18.8. The summed E-state index contributed by atoms with van der Waals surface area (Å²) in [6.45, 7) is 6.95. The molecule has 0 spiro atoms. The van der Waals surface area contributed by atoms with Crippen LogP contribution >= 0.6 is 0 Å². The number of carbonyl (C=O) groups excluding carboxylic acids is 1. The highest BCUT2D eigenvalue weighted by molar-refractivity contribution is 6.10. The molecule has 168 valence electrons. The van der Waals surface area contributed by atoms with Gasteiger partial charge in [-0.2, -0.15) is 5.26 Å². The van der Waals surface area contributed by atoms with Crippen LogP contribution in [0.4, 0.5) is 11.5 Å². The van der Waals surface area contributed by atoms with Crippen LogP contribution in [-0.2, 0) is 9.53 Å². The summed E-state index contributed by atoms with van der Waals surface area (Å²) in [5.41, 5.74) is 1.77. The lowest BCUT2D eigenvalue weighted by Gasteiger charge is -2.36. The molecular weight excluding hydrogens is 418 g/mol. The fraction of sp³-hybridized carbons (Fsp3) is 0.280. The van der Waals surface area contributed by atoms with Gasteiger partial charge >= 0.3 is 0 Å². The standard InChI is InChI=1S/C25H25N5O3/c1-16-7-9-20(10-8-16)27-24(31)19(13-26)12-21-23(29-14-17(2)33-18(3)15-29)28-22-6-4-5-11-30(22)25(21)32/h4-12,17-18H,14-15H2,1-3H3,(H,27,31)/b19-12+/t17-,18+. The number of hydrogen-bond donors (Lipinski definition) is 1. The van der Waals surface area contributed by atoms with E-state index in [1.165, 1.54) is 10.5 Å². The fourth-order valence-corrected chi connectivity index (χ4v) is 3.94. The minimum absolute atomic E-state index is 0.0538. The van der Waals surface area contributed by atoms with Crippen LogP contribution in [0.2, 0.25) is 0 Å². The van der Waals surface area contributed by atoms with Crippen molar-refractivity contribution in [2.75, 3.05) is 23.3 Å². The summed E-state index contributed by atoms with van der Waals surface area (Å²) in [6.07, 6.45) is 2.84. The third kappa shape index (κ3) is 4.78. The Labute approximate surface area is 191 Å². The monoisotopic (exact) mass is 443 g/mol. The molecule has 33 heavy (non-hydrogen) atoms. The van der Waals surface area contributed by atoms with Crippen LogP contribution < -0.4 is 15.8 Å². The van der Waals surface area contributed by atoms with Gasteiger partial charge in [-0.15, -0.1) is 0 Å². The number of aryl methyl sites for hydroxylation is 1. The smallest absolute Gasteiger partial charge is 0.267 e. The molecule has 0 bridgehead atoms. The van der Waals surface area contributed by atoms with E-state index in [2.05, 4.69) is 5.32 Å². The fourth-order valence-electron chi connectivity index (χ4n) is 3.94. The van der Waals surface area contributed by atoms with Crippen molar-refractivity contribution in [1.29, 1.82) is 5.26 Å². The van der Waals surface area contributed by atoms with Gasteiger partial charge in [-0.25, -0.2) is 4.98 Å². The number of morpholine rings is 1. The number of nitrogens with zero attached hydrogens (tertiary/aromatic N) is 4. The van der Waals surface area contributed by atoms with Crippen molar-refractivity contribution in [3.63, 3.8) is 0 Å². The average molecular weight is 444 g/mol. The molecule has 1 fully saturated rings. The molecule has 8 nitrogen and oxygen atoms in total. The predicted octanol–water partition coefficient (Wildman–Crippen LogP) is 3.16. The Kier molecular flexibility index (Phi) is 6.24. The van der Waals surface area contributed by atoms with Crippen molar-refractivity contribution in [3.8, 4) is 6.07 Å². The Bertz CT molecular complexity index is 1310. The summed E-state index contributed by atoms with van der Waals surface area (Å²) >= 11 is 0. The Balaban J connectivity index is 1.80. The maximum absolute atomic E-state index is 13.4. The first kappa shape index (κ1) is 22.2. The predicted molar refractivity (Wildman–Crippen MR) is 127 cm³/mol. The first-order valence-electron chi connectivity index (χ1n) is 10.8. The highest BCUT2D eigenvalue weighted by atomic mass is 16.5. The second-order valence-electron chi connectivity index (χ2n) is 8.24. The molecule has 3 heterocycles. The van der Waals surface area contributed by atoms with E-state index in [1.54, 1.807) is 36.5 Å². The van der Waals surface area contributed by atoms with Crippen molar-refractivity contribution < 1.29 is 9.53 Å².